The van der Waals surface area contributed by atoms with E-state index in [1.807, 2.05) is 0 Å². The van der Waals surface area contributed by atoms with Gasteiger partial charge in [-0.05, 0) is 24.3 Å². The first kappa shape index (κ1) is 11.4. The first-order chi connectivity index (χ1) is 7.70. The van der Waals surface area contributed by atoms with Crippen LogP contribution in [0.15, 0.2) is 24.3 Å². The summed E-state index contributed by atoms with van der Waals surface area (Å²) in [4.78, 5) is 13.2. The minimum Gasteiger partial charge on any atom is -0.394 e. The Morgan fingerprint density at radius 2 is 2.12 bits per heavy atom. The van der Waals surface area contributed by atoms with Gasteiger partial charge >= 0.3 is 0 Å². The van der Waals surface area contributed by atoms with Crippen molar-refractivity contribution in [1.82, 2.24) is 0 Å². The number of anilines is 1. The quantitative estimate of drug-likeness (QED) is 0.843. The van der Waals surface area contributed by atoms with Crippen molar-refractivity contribution in [3.05, 3.63) is 29.3 Å². The molecule has 0 aromatic heterocycles. The largest absolute Gasteiger partial charge is 0.394 e. The first-order valence-electron chi connectivity index (χ1n) is 4.99. The molecule has 1 saturated heterocycles. The van der Waals surface area contributed by atoms with Gasteiger partial charge in [0.15, 0.2) is 0 Å². The molecule has 1 aliphatic heterocycles. The van der Waals surface area contributed by atoms with Crippen LogP contribution in [-0.2, 0) is 9.53 Å². The van der Waals surface area contributed by atoms with Crippen molar-refractivity contribution >= 4 is 23.2 Å². The van der Waals surface area contributed by atoms with Crippen molar-refractivity contribution < 1.29 is 14.6 Å². The third kappa shape index (κ3) is 2.35. The lowest BCUT2D eigenvalue weighted by atomic mass is 10.2. The van der Waals surface area contributed by atoms with Crippen LogP contribution >= 0.6 is 11.6 Å². The number of carbonyl (C=O) groups excluding carboxylic acids is 1. The summed E-state index contributed by atoms with van der Waals surface area (Å²) in [5, 5.41) is 9.63. The van der Waals surface area contributed by atoms with Gasteiger partial charge in [0.25, 0.3) is 5.91 Å². The highest BCUT2D eigenvalue weighted by molar-refractivity contribution is 6.30. The molecule has 0 aliphatic carbocycles. The average molecular weight is 242 g/mol. The predicted octanol–water partition coefficient (Wildman–Crippen LogP) is 1.06. The molecule has 5 heteroatoms. The molecule has 1 aliphatic rings. The highest BCUT2D eigenvalue weighted by atomic mass is 35.5. The Morgan fingerprint density at radius 3 is 2.75 bits per heavy atom. The Bertz CT molecular complexity index is 379. The summed E-state index contributed by atoms with van der Waals surface area (Å²) in [5.41, 5.74) is 0.774. The van der Waals surface area contributed by atoms with Gasteiger partial charge in [-0.1, -0.05) is 11.6 Å². The minimum absolute atomic E-state index is 0.00779. The maximum Gasteiger partial charge on any atom is 0.253 e. The molecule has 0 radical (unpaired) electrons. The molecule has 4 nitrogen and oxygen atoms in total. The summed E-state index contributed by atoms with van der Waals surface area (Å²) in [6.45, 7) is 0.294. The smallest absolute Gasteiger partial charge is 0.253 e. The number of morpholine rings is 1. The second-order valence-electron chi connectivity index (χ2n) is 3.60. The molecule has 0 spiro atoms. The van der Waals surface area contributed by atoms with Crippen molar-refractivity contribution in [3.8, 4) is 0 Å². The van der Waals surface area contributed by atoms with Crippen LogP contribution in [0.3, 0.4) is 0 Å². The molecule has 1 aromatic carbocycles. The monoisotopic (exact) mass is 241 g/mol. The van der Waals surface area contributed by atoms with Crippen LogP contribution in [0.4, 0.5) is 5.69 Å². The molecule has 1 aromatic rings. The van der Waals surface area contributed by atoms with E-state index in [1.165, 1.54) is 0 Å². The van der Waals surface area contributed by atoms with Crippen molar-refractivity contribution in [2.75, 3.05) is 24.7 Å². The zero-order valence-electron chi connectivity index (χ0n) is 8.60. The summed E-state index contributed by atoms with van der Waals surface area (Å²) in [5.74, 6) is -0.105. The number of rotatable bonds is 2. The van der Waals surface area contributed by atoms with Crippen LogP contribution in [0, 0.1) is 0 Å². The predicted molar refractivity (Wildman–Crippen MR) is 60.6 cm³/mol. The standard InChI is InChI=1S/C11H12ClNO3/c12-8-1-3-9(4-2-8)13-5-10(6-14)16-7-11(13)15/h1-4,10,14H,5-7H2. The molecule has 1 fully saturated rings. The van der Waals surface area contributed by atoms with Gasteiger partial charge in [-0.3, -0.25) is 4.79 Å². The van der Waals surface area contributed by atoms with E-state index >= 15 is 0 Å². The zero-order chi connectivity index (χ0) is 11.5. The van der Waals surface area contributed by atoms with Crippen LogP contribution in [0.2, 0.25) is 5.02 Å². The summed E-state index contributed by atoms with van der Waals surface area (Å²) >= 11 is 5.77. The summed E-state index contributed by atoms with van der Waals surface area (Å²) < 4.78 is 5.15. The maximum atomic E-state index is 11.6. The molecule has 86 valence electrons. The lowest BCUT2D eigenvalue weighted by Gasteiger charge is -2.31. The summed E-state index contributed by atoms with van der Waals surface area (Å²) in [6.07, 6.45) is -0.312. The zero-order valence-corrected chi connectivity index (χ0v) is 9.35. The molecular weight excluding hydrogens is 230 g/mol. The van der Waals surface area contributed by atoms with Gasteiger partial charge in [0.2, 0.25) is 0 Å². The number of ether oxygens (including phenoxy) is 1. The van der Waals surface area contributed by atoms with Crippen LogP contribution in [-0.4, -0.2) is 36.9 Å². The number of hydrogen-bond acceptors (Lipinski definition) is 3. The number of aliphatic hydroxyl groups is 1. The van der Waals surface area contributed by atoms with Crippen molar-refractivity contribution in [1.29, 1.82) is 0 Å². The molecule has 0 saturated carbocycles. The molecule has 1 amide bonds. The molecule has 2 rings (SSSR count). The Kier molecular flexibility index (Phi) is 3.43. The number of hydrogen-bond donors (Lipinski definition) is 1. The molecule has 1 N–H and O–H groups in total. The fourth-order valence-electron chi connectivity index (χ4n) is 1.61. The molecule has 0 bridgehead atoms. The van der Waals surface area contributed by atoms with Gasteiger partial charge in [0.05, 0.1) is 19.3 Å². The van der Waals surface area contributed by atoms with Crippen molar-refractivity contribution in [2.24, 2.45) is 0 Å². The molecule has 16 heavy (non-hydrogen) atoms. The Hall–Kier alpha value is -1.10. The van der Waals surface area contributed by atoms with Crippen LogP contribution in [0.25, 0.3) is 0 Å². The Labute approximate surface area is 98.4 Å². The molecule has 1 heterocycles. The van der Waals surface area contributed by atoms with E-state index in [0.29, 0.717) is 11.6 Å². The van der Waals surface area contributed by atoms with Gasteiger partial charge in [-0.15, -0.1) is 0 Å². The van der Waals surface area contributed by atoms with Gasteiger partial charge in [0.1, 0.15) is 6.61 Å². The summed E-state index contributed by atoms with van der Waals surface area (Å²) in [6, 6.07) is 7.02. The fraction of sp³-hybridized carbons (Fsp3) is 0.364. The number of halogens is 1. The number of aliphatic hydroxyl groups excluding tert-OH is 1. The van der Waals surface area contributed by atoms with Crippen LogP contribution in [0.5, 0.6) is 0 Å². The van der Waals surface area contributed by atoms with E-state index in [2.05, 4.69) is 0 Å². The van der Waals surface area contributed by atoms with Gasteiger partial charge in [-0.25, -0.2) is 0 Å². The number of nitrogens with zero attached hydrogens (tertiary/aromatic N) is 1. The summed E-state index contributed by atoms with van der Waals surface area (Å²) in [7, 11) is 0. The lowest BCUT2D eigenvalue weighted by Crippen LogP contribution is -2.48. The Balaban J connectivity index is 2.17. The van der Waals surface area contributed by atoms with Crippen molar-refractivity contribution in [3.63, 3.8) is 0 Å². The number of amides is 1. The Morgan fingerprint density at radius 1 is 1.44 bits per heavy atom. The average Bonchev–Trinajstić information content (AvgIpc) is 2.31. The van der Waals surface area contributed by atoms with E-state index in [-0.39, 0.29) is 25.2 Å². The van der Waals surface area contributed by atoms with Gasteiger partial charge in [-0.2, -0.15) is 0 Å². The number of benzene rings is 1. The first-order valence-corrected chi connectivity index (χ1v) is 5.37. The third-order valence-electron chi connectivity index (χ3n) is 2.47. The lowest BCUT2D eigenvalue weighted by molar-refractivity contribution is -0.130. The normalized spacial score (nSPS) is 21.2. The van der Waals surface area contributed by atoms with E-state index in [0.717, 1.165) is 5.69 Å². The van der Waals surface area contributed by atoms with E-state index in [9.17, 15) is 4.79 Å². The number of carbonyl (C=O) groups is 1. The van der Waals surface area contributed by atoms with Crippen molar-refractivity contribution in [2.45, 2.75) is 6.10 Å². The second kappa shape index (κ2) is 4.82. The van der Waals surface area contributed by atoms with Crippen LogP contribution < -0.4 is 4.90 Å². The molecular formula is C11H12ClNO3. The minimum atomic E-state index is -0.312. The SMILES string of the molecule is O=C1COC(CO)CN1c1ccc(Cl)cc1. The fourth-order valence-corrected chi connectivity index (χ4v) is 1.73. The molecule has 1 atom stereocenters. The highest BCUT2D eigenvalue weighted by Gasteiger charge is 2.26. The highest BCUT2D eigenvalue weighted by Crippen LogP contribution is 2.20. The second-order valence-corrected chi connectivity index (χ2v) is 4.03. The van der Waals surface area contributed by atoms with E-state index in [1.54, 1.807) is 29.2 Å². The maximum absolute atomic E-state index is 11.6. The van der Waals surface area contributed by atoms with Gasteiger partial charge < -0.3 is 14.7 Å². The third-order valence-corrected chi connectivity index (χ3v) is 2.72. The topological polar surface area (TPSA) is 49.8 Å². The molecule has 1 unspecified atom stereocenters. The van der Waals surface area contributed by atoms with E-state index in [4.69, 9.17) is 21.4 Å². The van der Waals surface area contributed by atoms with Gasteiger partial charge in [0, 0.05) is 10.7 Å². The van der Waals surface area contributed by atoms with Crippen LogP contribution in [0.1, 0.15) is 0 Å². The van der Waals surface area contributed by atoms with E-state index < -0.39 is 0 Å².